The topological polar surface area (TPSA) is 54.0 Å². The van der Waals surface area contributed by atoms with Crippen molar-refractivity contribution in [2.45, 2.75) is 44.6 Å². The third kappa shape index (κ3) is 4.31. The zero-order valence-corrected chi connectivity index (χ0v) is 13.6. The summed E-state index contributed by atoms with van der Waals surface area (Å²) in [5, 5.41) is 6.06. The van der Waals surface area contributed by atoms with E-state index in [1.807, 2.05) is 0 Å². The second-order valence-corrected chi connectivity index (χ2v) is 6.20. The van der Waals surface area contributed by atoms with Crippen molar-refractivity contribution in [1.82, 2.24) is 10.3 Å². The van der Waals surface area contributed by atoms with Crippen molar-refractivity contribution >= 4 is 17.3 Å². The summed E-state index contributed by atoms with van der Waals surface area (Å²) in [7, 11) is 0. The molecule has 0 bridgehead atoms. The molecule has 0 atom stereocenters. The number of pyridine rings is 1. The third-order valence-electron chi connectivity index (χ3n) is 4.34. The van der Waals surface area contributed by atoms with Gasteiger partial charge in [-0.1, -0.05) is 37.8 Å². The number of halogens is 1. The van der Waals surface area contributed by atoms with Crippen LogP contribution < -0.4 is 10.6 Å². The summed E-state index contributed by atoms with van der Waals surface area (Å²) >= 11 is 0. The van der Waals surface area contributed by atoms with Crippen LogP contribution >= 0.6 is 0 Å². The first-order valence-electron chi connectivity index (χ1n) is 8.51. The number of carbonyl (C=O) groups excluding carboxylic acids is 1. The first kappa shape index (κ1) is 16.4. The molecule has 0 saturated heterocycles. The summed E-state index contributed by atoms with van der Waals surface area (Å²) in [5.74, 6) is -0.502. The maximum atomic E-state index is 13.7. The molecule has 2 aromatic rings. The Morgan fingerprint density at radius 3 is 2.58 bits per heavy atom. The van der Waals surface area contributed by atoms with Crippen LogP contribution in [0.1, 0.15) is 49.0 Å². The number of nitrogens with zero attached hydrogens (tertiary/aromatic N) is 1. The highest BCUT2D eigenvalue weighted by molar-refractivity contribution is 5.93. The molecule has 0 radical (unpaired) electrons. The summed E-state index contributed by atoms with van der Waals surface area (Å²) < 4.78 is 13.7. The van der Waals surface area contributed by atoms with Crippen LogP contribution in [0, 0.1) is 5.82 Å². The van der Waals surface area contributed by atoms with Crippen molar-refractivity contribution in [3.8, 4) is 0 Å². The monoisotopic (exact) mass is 327 g/mol. The van der Waals surface area contributed by atoms with E-state index in [-0.39, 0.29) is 17.8 Å². The molecular formula is C19H22FN3O. The minimum Gasteiger partial charge on any atom is -0.353 e. The van der Waals surface area contributed by atoms with Crippen molar-refractivity contribution in [2.75, 3.05) is 5.32 Å². The standard InChI is InChI=1S/C19H22FN3O/c20-16-9-5-6-10-17(16)22-15-11-12-21-18(13-15)19(24)23-14-7-3-1-2-4-8-14/h5-6,9-14H,1-4,7-8H2,(H,21,22)(H,23,24). The van der Waals surface area contributed by atoms with Crippen molar-refractivity contribution in [1.29, 1.82) is 0 Å². The molecule has 1 aromatic carbocycles. The van der Waals surface area contributed by atoms with Gasteiger partial charge in [0.2, 0.25) is 0 Å². The van der Waals surface area contributed by atoms with E-state index in [2.05, 4.69) is 15.6 Å². The summed E-state index contributed by atoms with van der Waals surface area (Å²) in [5.41, 5.74) is 1.36. The van der Waals surface area contributed by atoms with Crippen molar-refractivity contribution in [2.24, 2.45) is 0 Å². The van der Waals surface area contributed by atoms with Crippen LogP contribution in [-0.2, 0) is 0 Å². The lowest BCUT2D eigenvalue weighted by Crippen LogP contribution is -2.34. The first-order valence-corrected chi connectivity index (χ1v) is 8.51. The van der Waals surface area contributed by atoms with Crippen LogP contribution in [0.2, 0.25) is 0 Å². The summed E-state index contributed by atoms with van der Waals surface area (Å²) in [6, 6.07) is 10.0. The number of benzene rings is 1. The molecule has 5 heteroatoms. The number of rotatable bonds is 4. The Hall–Kier alpha value is -2.43. The van der Waals surface area contributed by atoms with E-state index in [4.69, 9.17) is 0 Å². The predicted molar refractivity (Wildman–Crippen MR) is 92.9 cm³/mol. The summed E-state index contributed by atoms with van der Waals surface area (Å²) in [6.07, 6.45) is 8.42. The Morgan fingerprint density at radius 2 is 1.83 bits per heavy atom. The normalized spacial score (nSPS) is 15.5. The van der Waals surface area contributed by atoms with E-state index in [1.54, 1.807) is 36.5 Å². The van der Waals surface area contributed by atoms with Gasteiger partial charge in [0.1, 0.15) is 11.5 Å². The van der Waals surface area contributed by atoms with Gasteiger partial charge in [0.25, 0.3) is 5.91 Å². The molecule has 0 spiro atoms. The minimum absolute atomic E-state index is 0.168. The van der Waals surface area contributed by atoms with Gasteiger partial charge in [0.05, 0.1) is 5.69 Å². The Morgan fingerprint density at radius 1 is 1.08 bits per heavy atom. The van der Waals surface area contributed by atoms with Crippen molar-refractivity contribution in [3.05, 3.63) is 54.1 Å². The van der Waals surface area contributed by atoms with E-state index in [1.165, 1.54) is 18.9 Å². The Labute approximate surface area is 141 Å². The van der Waals surface area contributed by atoms with E-state index >= 15 is 0 Å². The van der Waals surface area contributed by atoms with Crippen LogP contribution in [0.3, 0.4) is 0 Å². The number of hydrogen-bond donors (Lipinski definition) is 2. The molecule has 3 rings (SSSR count). The van der Waals surface area contributed by atoms with Crippen LogP contribution in [-0.4, -0.2) is 16.9 Å². The maximum Gasteiger partial charge on any atom is 0.270 e. The zero-order chi connectivity index (χ0) is 16.8. The fourth-order valence-corrected chi connectivity index (χ4v) is 3.03. The van der Waals surface area contributed by atoms with E-state index in [9.17, 15) is 9.18 Å². The highest BCUT2D eigenvalue weighted by atomic mass is 19.1. The number of para-hydroxylation sites is 1. The molecular weight excluding hydrogens is 305 g/mol. The van der Waals surface area contributed by atoms with Crippen LogP contribution in [0.15, 0.2) is 42.6 Å². The third-order valence-corrected chi connectivity index (χ3v) is 4.34. The smallest absolute Gasteiger partial charge is 0.270 e. The molecule has 0 unspecified atom stereocenters. The largest absolute Gasteiger partial charge is 0.353 e. The van der Waals surface area contributed by atoms with Gasteiger partial charge in [0, 0.05) is 17.9 Å². The SMILES string of the molecule is O=C(NC1CCCCCC1)c1cc(Nc2ccccc2F)ccn1. The van der Waals surface area contributed by atoms with Gasteiger partial charge in [-0.05, 0) is 37.1 Å². The number of anilines is 2. The number of aromatic nitrogens is 1. The molecule has 1 fully saturated rings. The molecule has 1 saturated carbocycles. The lowest BCUT2D eigenvalue weighted by molar-refractivity contribution is 0.0928. The predicted octanol–water partition coefficient (Wildman–Crippen LogP) is 4.42. The van der Waals surface area contributed by atoms with E-state index in [0.29, 0.717) is 17.1 Å². The molecule has 24 heavy (non-hydrogen) atoms. The molecule has 1 aliphatic carbocycles. The van der Waals surface area contributed by atoms with Crippen molar-refractivity contribution < 1.29 is 9.18 Å². The van der Waals surface area contributed by atoms with Gasteiger partial charge in [0.15, 0.2) is 0 Å². The number of hydrogen-bond acceptors (Lipinski definition) is 3. The van der Waals surface area contributed by atoms with Gasteiger partial charge < -0.3 is 10.6 Å². The van der Waals surface area contributed by atoms with Crippen LogP contribution in [0.4, 0.5) is 15.8 Å². The lowest BCUT2D eigenvalue weighted by atomic mass is 10.1. The van der Waals surface area contributed by atoms with E-state index in [0.717, 1.165) is 25.7 Å². The first-order chi connectivity index (χ1) is 11.7. The Balaban J connectivity index is 1.68. The fourth-order valence-electron chi connectivity index (χ4n) is 3.03. The average Bonchev–Trinajstić information content (AvgIpc) is 2.86. The zero-order valence-electron chi connectivity index (χ0n) is 13.6. The number of carbonyl (C=O) groups is 1. The average molecular weight is 327 g/mol. The Kier molecular flexibility index (Phi) is 5.41. The molecule has 126 valence electrons. The fraction of sp³-hybridized carbons (Fsp3) is 0.368. The summed E-state index contributed by atoms with van der Waals surface area (Å²) in [6.45, 7) is 0. The van der Waals surface area contributed by atoms with Crippen molar-refractivity contribution in [3.63, 3.8) is 0 Å². The van der Waals surface area contributed by atoms with Gasteiger partial charge >= 0.3 is 0 Å². The second kappa shape index (κ2) is 7.90. The molecule has 2 N–H and O–H groups in total. The highest BCUT2D eigenvalue weighted by Gasteiger charge is 2.16. The molecule has 0 aliphatic heterocycles. The molecule has 1 heterocycles. The maximum absolute atomic E-state index is 13.7. The lowest BCUT2D eigenvalue weighted by Gasteiger charge is -2.16. The van der Waals surface area contributed by atoms with Gasteiger partial charge in [-0.2, -0.15) is 0 Å². The van der Waals surface area contributed by atoms with Crippen LogP contribution in [0.25, 0.3) is 0 Å². The quantitative estimate of drug-likeness (QED) is 0.818. The summed E-state index contributed by atoms with van der Waals surface area (Å²) in [4.78, 5) is 16.6. The van der Waals surface area contributed by atoms with Crippen LogP contribution in [0.5, 0.6) is 0 Å². The molecule has 4 nitrogen and oxygen atoms in total. The minimum atomic E-state index is -0.334. The van der Waals surface area contributed by atoms with Gasteiger partial charge in [-0.3, -0.25) is 9.78 Å². The highest BCUT2D eigenvalue weighted by Crippen LogP contribution is 2.20. The molecule has 1 amide bonds. The number of nitrogens with one attached hydrogen (secondary N) is 2. The molecule has 1 aliphatic rings. The van der Waals surface area contributed by atoms with Gasteiger partial charge in [-0.25, -0.2) is 4.39 Å². The number of amides is 1. The second-order valence-electron chi connectivity index (χ2n) is 6.20. The molecule has 1 aromatic heterocycles. The van der Waals surface area contributed by atoms with Gasteiger partial charge in [-0.15, -0.1) is 0 Å². The van der Waals surface area contributed by atoms with E-state index < -0.39 is 0 Å². The Bertz CT molecular complexity index is 697.